The minimum absolute atomic E-state index is 0.181. The van der Waals surface area contributed by atoms with Crippen molar-refractivity contribution >= 4 is 17.1 Å². The van der Waals surface area contributed by atoms with E-state index in [1.165, 1.54) is 4.57 Å². The molecule has 0 radical (unpaired) electrons. The molecule has 1 aromatic carbocycles. The number of hydrogen-bond acceptors (Lipinski definition) is 3. The van der Waals surface area contributed by atoms with Gasteiger partial charge in [-0.1, -0.05) is 18.9 Å². The summed E-state index contributed by atoms with van der Waals surface area (Å²) < 4.78 is 6.57. The van der Waals surface area contributed by atoms with Gasteiger partial charge in [0.25, 0.3) is 0 Å². The minimum atomic E-state index is -0.797. The van der Waals surface area contributed by atoms with E-state index in [-0.39, 0.29) is 5.92 Å². The smallest absolute Gasteiger partial charge is 0.419 e. The highest BCUT2D eigenvalue weighted by Gasteiger charge is 2.32. The quantitative estimate of drug-likeness (QED) is 0.934. The van der Waals surface area contributed by atoms with Crippen LogP contribution in [0.5, 0.6) is 0 Å². The summed E-state index contributed by atoms with van der Waals surface area (Å²) in [5, 5.41) is 9.52. The van der Waals surface area contributed by atoms with Gasteiger partial charge in [-0.05, 0) is 36.5 Å². The Labute approximate surface area is 115 Å². The highest BCUT2D eigenvalue weighted by atomic mass is 16.4. The van der Waals surface area contributed by atoms with Crippen molar-refractivity contribution in [3.8, 4) is 0 Å². The molecular weight excluding hydrogens is 258 g/mol. The molecule has 1 aromatic heterocycles. The highest BCUT2D eigenvalue weighted by molar-refractivity contribution is 5.80. The molecular formula is C15H17NO4. The second kappa shape index (κ2) is 4.81. The largest absolute Gasteiger partial charge is 0.481 e. The molecule has 1 aliphatic rings. The van der Waals surface area contributed by atoms with Gasteiger partial charge in [0, 0.05) is 7.05 Å². The van der Waals surface area contributed by atoms with Gasteiger partial charge < -0.3 is 9.52 Å². The van der Waals surface area contributed by atoms with Gasteiger partial charge in [-0.15, -0.1) is 0 Å². The number of oxazole rings is 1. The number of aromatic nitrogens is 1. The summed E-state index contributed by atoms with van der Waals surface area (Å²) in [7, 11) is 1.64. The van der Waals surface area contributed by atoms with Crippen molar-refractivity contribution in [2.24, 2.45) is 13.0 Å². The Bertz CT molecular complexity index is 706. The SMILES string of the molecule is Cn1c(=O)oc2cc(C(C(=O)O)C3CCCC3)ccc21. The van der Waals surface area contributed by atoms with E-state index in [9.17, 15) is 14.7 Å². The lowest BCUT2D eigenvalue weighted by Crippen LogP contribution is -2.19. The molecule has 0 bridgehead atoms. The fraction of sp³-hybridized carbons (Fsp3) is 0.467. The number of fused-ring (bicyclic) bond motifs is 1. The topological polar surface area (TPSA) is 72.4 Å². The fourth-order valence-corrected chi connectivity index (χ4v) is 3.25. The molecule has 5 nitrogen and oxygen atoms in total. The van der Waals surface area contributed by atoms with Crippen LogP contribution in [-0.2, 0) is 11.8 Å². The standard InChI is InChI=1S/C15H17NO4/c1-16-11-7-6-10(8-12(11)20-15(16)19)13(14(17)18)9-4-2-3-5-9/h6-9,13H,2-5H2,1H3,(H,17,18). The molecule has 1 fully saturated rings. The van der Waals surface area contributed by atoms with Crippen molar-refractivity contribution in [1.29, 1.82) is 0 Å². The Hall–Kier alpha value is -2.04. The molecule has 3 rings (SSSR count). The predicted molar refractivity (Wildman–Crippen MR) is 73.8 cm³/mol. The maximum absolute atomic E-state index is 11.6. The van der Waals surface area contributed by atoms with Crippen LogP contribution in [0.3, 0.4) is 0 Å². The van der Waals surface area contributed by atoms with Gasteiger partial charge >= 0.3 is 11.7 Å². The van der Waals surface area contributed by atoms with E-state index in [0.717, 1.165) is 31.2 Å². The zero-order valence-electron chi connectivity index (χ0n) is 11.3. The summed E-state index contributed by atoms with van der Waals surface area (Å²) in [6.07, 6.45) is 4.09. The number of carboxylic acids is 1. The number of aliphatic carboxylic acids is 1. The monoisotopic (exact) mass is 275 g/mol. The van der Waals surface area contributed by atoms with Crippen LogP contribution in [0.25, 0.3) is 11.1 Å². The van der Waals surface area contributed by atoms with Crippen molar-refractivity contribution in [2.75, 3.05) is 0 Å². The highest BCUT2D eigenvalue weighted by Crippen LogP contribution is 2.38. The van der Waals surface area contributed by atoms with Gasteiger partial charge in [0.05, 0.1) is 11.4 Å². The number of aryl methyl sites for hydroxylation is 1. The Morgan fingerprint density at radius 2 is 2.10 bits per heavy atom. The molecule has 1 heterocycles. The minimum Gasteiger partial charge on any atom is -0.481 e. The van der Waals surface area contributed by atoms with Gasteiger partial charge in [-0.25, -0.2) is 4.79 Å². The Kier molecular flexibility index (Phi) is 3.12. The predicted octanol–water partition coefficient (Wildman–Crippen LogP) is 2.49. The lowest BCUT2D eigenvalue weighted by atomic mass is 9.85. The first-order chi connectivity index (χ1) is 9.58. The summed E-state index contributed by atoms with van der Waals surface area (Å²) in [5.74, 6) is -1.55. The second-order valence-corrected chi connectivity index (χ2v) is 5.51. The normalized spacial score (nSPS) is 17.6. The third-order valence-corrected chi connectivity index (χ3v) is 4.31. The summed E-state index contributed by atoms with van der Waals surface area (Å²) >= 11 is 0. The maximum Gasteiger partial charge on any atom is 0.419 e. The number of carboxylic acid groups (broad SMARTS) is 1. The summed E-state index contributed by atoms with van der Waals surface area (Å²) in [6.45, 7) is 0. The lowest BCUT2D eigenvalue weighted by molar-refractivity contribution is -0.140. The van der Waals surface area contributed by atoms with E-state index in [1.807, 2.05) is 0 Å². The number of rotatable bonds is 3. The lowest BCUT2D eigenvalue weighted by Gasteiger charge is -2.19. The van der Waals surface area contributed by atoms with Crippen molar-refractivity contribution in [3.63, 3.8) is 0 Å². The van der Waals surface area contributed by atoms with E-state index in [0.29, 0.717) is 11.1 Å². The van der Waals surface area contributed by atoms with Crippen LogP contribution >= 0.6 is 0 Å². The van der Waals surface area contributed by atoms with Crippen LogP contribution in [0.4, 0.5) is 0 Å². The molecule has 1 unspecified atom stereocenters. The van der Waals surface area contributed by atoms with Crippen molar-refractivity contribution in [3.05, 3.63) is 34.3 Å². The van der Waals surface area contributed by atoms with Crippen LogP contribution in [0, 0.1) is 5.92 Å². The molecule has 0 amide bonds. The van der Waals surface area contributed by atoms with E-state index < -0.39 is 17.6 Å². The fourth-order valence-electron chi connectivity index (χ4n) is 3.25. The molecule has 0 saturated heterocycles. The van der Waals surface area contributed by atoms with Crippen molar-refractivity contribution < 1.29 is 14.3 Å². The maximum atomic E-state index is 11.6. The van der Waals surface area contributed by atoms with Crippen LogP contribution in [0.15, 0.2) is 27.4 Å². The number of benzene rings is 1. The van der Waals surface area contributed by atoms with Crippen molar-refractivity contribution in [1.82, 2.24) is 4.57 Å². The van der Waals surface area contributed by atoms with Gasteiger partial charge in [-0.2, -0.15) is 0 Å². The molecule has 106 valence electrons. The molecule has 1 aliphatic carbocycles. The van der Waals surface area contributed by atoms with Gasteiger partial charge in [0.1, 0.15) is 0 Å². The third kappa shape index (κ3) is 2.03. The average molecular weight is 275 g/mol. The summed E-state index contributed by atoms with van der Waals surface area (Å²) in [5.41, 5.74) is 1.87. The average Bonchev–Trinajstić information content (AvgIpc) is 3.00. The molecule has 1 N–H and O–H groups in total. The molecule has 1 saturated carbocycles. The van der Waals surface area contributed by atoms with E-state index in [1.54, 1.807) is 25.2 Å². The first kappa shape index (κ1) is 13.0. The van der Waals surface area contributed by atoms with Crippen LogP contribution in [0.1, 0.15) is 37.2 Å². The zero-order chi connectivity index (χ0) is 14.3. The molecule has 0 spiro atoms. The zero-order valence-corrected chi connectivity index (χ0v) is 11.3. The van der Waals surface area contributed by atoms with E-state index in [4.69, 9.17) is 4.42 Å². The second-order valence-electron chi connectivity index (χ2n) is 5.51. The first-order valence-electron chi connectivity index (χ1n) is 6.90. The Morgan fingerprint density at radius 3 is 2.75 bits per heavy atom. The molecule has 0 aliphatic heterocycles. The van der Waals surface area contributed by atoms with E-state index >= 15 is 0 Å². The number of carbonyl (C=O) groups is 1. The third-order valence-electron chi connectivity index (χ3n) is 4.31. The molecule has 20 heavy (non-hydrogen) atoms. The van der Waals surface area contributed by atoms with Gasteiger partial charge in [0.2, 0.25) is 0 Å². The van der Waals surface area contributed by atoms with Crippen LogP contribution < -0.4 is 5.76 Å². The summed E-state index contributed by atoms with van der Waals surface area (Å²) in [6, 6.07) is 5.27. The van der Waals surface area contributed by atoms with Crippen LogP contribution in [0.2, 0.25) is 0 Å². The summed E-state index contributed by atoms with van der Waals surface area (Å²) in [4.78, 5) is 23.1. The molecule has 1 atom stereocenters. The van der Waals surface area contributed by atoms with Gasteiger partial charge in [0.15, 0.2) is 5.58 Å². The van der Waals surface area contributed by atoms with E-state index in [2.05, 4.69) is 0 Å². The van der Waals surface area contributed by atoms with Crippen molar-refractivity contribution in [2.45, 2.75) is 31.6 Å². The Morgan fingerprint density at radius 1 is 1.40 bits per heavy atom. The first-order valence-corrected chi connectivity index (χ1v) is 6.90. The number of nitrogens with zero attached hydrogens (tertiary/aromatic N) is 1. The Balaban J connectivity index is 2.06. The van der Waals surface area contributed by atoms with Crippen LogP contribution in [-0.4, -0.2) is 15.6 Å². The molecule has 5 heteroatoms. The van der Waals surface area contributed by atoms with Gasteiger partial charge in [-0.3, -0.25) is 9.36 Å². The molecule has 2 aromatic rings. The number of hydrogen-bond donors (Lipinski definition) is 1.